The van der Waals surface area contributed by atoms with Crippen molar-refractivity contribution in [1.82, 2.24) is 10.6 Å². The van der Waals surface area contributed by atoms with Crippen LogP contribution in [0.25, 0.3) is 0 Å². The van der Waals surface area contributed by atoms with Crippen LogP contribution in [0.5, 0.6) is 0 Å². The van der Waals surface area contributed by atoms with E-state index in [1.54, 1.807) is 0 Å². The molecule has 0 aromatic rings. The van der Waals surface area contributed by atoms with E-state index in [2.05, 4.69) is 15.4 Å². The lowest BCUT2D eigenvalue weighted by atomic mass is 10.0. The second-order valence-electron chi connectivity index (χ2n) is 4.40. The summed E-state index contributed by atoms with van der Waals surface area (Å²) in [6.07, 6.45) is 1.01. The van der Waals surface area contributed by atoms with E-state index in [1.807, 2.05) is 12.2 Å². The summed E-state index contributed by atoms with van der Waals surface area (Å²) >= 11 is 0. The maximum absolute atomic E-state index is 11.8. The quantitative estimate of drug-likeness (QED) is 0.761. The van der Waals surface area contributed by atoms with E-state index < -0.39 is 18.9 Å². The van der Waals surface area contributed by atoms with Gasteiger partial charge in [-0.1, -0.05) is 12.2 Å². The molecule has 0 aliphatic heterocycles. The molecule has 0 fully saturated rings. The van der Waals surface area contributed by atoms with Crippen LogP contribution in [0, 0.1) is 0 Å². The van der Waals surface area contributed by atoms with Crippen LogP contribution in [0.3, 0.4) is 0 Å². The average Bonchev–Trinajstić information content (AvgIpc) is 2.37. The largest absolute Gasteiger partial charge is 0.440 e. The third-order valence-corrected chi connectivity index (χ3v) is 2.59. The molecule has 0 heterocycles. The minimum Gasteiger partial charge on any atom is -0.440 e. The Labute approximate surface area is 114 Å². The number of halogens is 3. The zero-order valence-electron chi connectivity index (χ0n) is 10.8. The van der Waals surface area contributed by atoms with Gasteiger partial charge in [0.15, 0.2) is 6.61 Å². The van der Waals surface area contributed by atoms with Crippen LogP contribution in [0.1, 0.15) is 25.7 Å². The van der Waals surface area contributed by atoms with E-state index in [4.69, 9.17) is 0 Å². The van der Waals surface area contributed by atoms with Gasteiger partial charge >= 0.3 is 12.3 Å². The van der Waals surface area contributed by atoms with Crippen molar-refractivity contribution in [3.8, 4) is 0 Å². The van der Waals surface area contributed by atoms with Crippen molar-refractivity contribution in [2.24, 2.45) is 0 Å². The molecule has 2 N–H and O–H groups in total. The minimum atomic E-state index is -4.55. The van der Waals surface area contributed by atoms with Gasteiger partial charge in [-0.15, -0.1) is 0 Å². The SMILES string of the molecule is O=C(CCNC(=O)OCC(F)(F)F)N[C@H]1C=CCCC1. The van der Waals surface area contributed by atoms with E-state index in [0.717, 1.165) is 19.3 Å². The normalized spacial score (nSPS) is 18.4. The molecule has 8 heteroatoms. The van der Waals surface area contributed by atoms with E-state index in [9.17, 15) is 22.8 Å². The first kappa shape index (κ1) is 16.3. The van der Waals surface area contributed by atoms with Crippen molar-refractivity contribution >= 4 is 12.0 Å². The van der Waals surface area contributed by atoms with Crippen molar-refractivity contribution in [2.75, 3.05) is 13.2 Å². The highest BCUT2D eigenvalue weighted by Crippen LogP contribution is 2.14. The van der Waals surface area contributed by atoms with Gasteiger partial charge in [0, 0.05) is 19.0 Å². The highest BCUT2D eigenvalue weighted by atomic mass is 19.4. The molecule has 20 heavy (non-hydrogen) atoms. The van der Waals surface area contributed by atoms with Crippen LogP contribution in [-0.4, -0.2) is 37.4 Å². The van der Waals surface area contributed by atoms with Crippen molar-refractivity contribution in [3.63, 3.8) is 0 Å². The Hall–Kier alpha value is -1.73. The predicted octanol–water partition coefficient (Wildman–Crippen LogP) is 1.89. The number of ether oxygens (including phenoxy) is 1. The topological polar surface area (TPSA) is 67.4 Å². The molecule has 0 aromatic heterocycles. The molecule has 0 spiro atoms. The lowest BCUT2D eigenvalue weighted by Gasteiger charge is -2.17. The molecule has 0 unspecified atom stereocenters. The number of nitrogens with one attached hydrogen (secondary N) is 2. The predicted molar refractivity (Wildman–Crippen MR) is 64.9 cm³/mol. The van der Waals surface area contributed by atoms with Gasteiger partial charge in [0.25, 0.3) is 0 Å². The molecule has 1 aliphatic rings. The van der Waals surface area contributed by atoms with Crippen LogP contribution in [-0.2, 0) is 9.53 Å². The van der Waals surface area contributed by atoms with Gasteiger partial charge < -0.3 is 15.4 Å². The summed E-state index contributed by atoms with van der Waals surface area (Å²) < 4.78 is 39.2. The summed E-state index contributed by atoms with van der Waals surface area (Å²) in [7, 11) is 0. The molecule has 1 aliphatic carbocycles. The highest BCUT2D eigenvalue weighted by Gasteiger charge is 2.29. The zero-order valence-corrected chi connectivity index (χ0v) is 10.8. The van der Waals surface area contributed by atoms with Gasteiger partial charge in [-0.25, -0.2) is 4.79 Å². The monoisotopic (exact) mass is 294 g/mol. The number of hydrogen-bond acceptors (Lipinski definition) is 3. The van der Waals surface area contributed by atoms with Gasteiger partial charge in [0.1, 0.15) is 0 Å². The van der Waals surface area contributed by atoms with Gasteiger partial charge in [-0.3, -0.25) is 4.79 Å². The zero-order chi connectivity index (χ0) is 15.0. The van der Waals surface area contributed by atoms with Crippen molar-refractivity contribution < 1.29 is 27.5 Å². The molecule has 0 saturated carbocycles. The number of carbonyl (C=O) groups is 2. The molecule has 1 atom stereocenters. The second-order valence-corrected chi connectivity index (χ2v) is 4.40. The lowest BCUT2D eigenvalue weighted by Crippen LogP contribution is -2.37. The summed E-state index contributed by atoms with van der Waals surface area (Å²) in [6, 6.07) is -0.00608. The number of carbonyl (C=O) groups excluding carboxylic acids is 2. The van der Waals surface area contributed by atoms with Crippen LogP contribution >= 0.6 is 0 Å². The smallest absolute Gasteiger partial charge is 0.422 e. The Kier molecular flexibility index (Phi) is 6.33. The average molecular weight is 294 g/mol. The van der Waals surface area contributed by atoms with Crippen molar-refractivity contribution in [1.29, 1.82) is 0 Å². The summed E-state index contributed by atoms with van der Waals surface area (Å²) in [5, 5.41) is 4.83. The number of allylic oxidation sites excluding steroid dienone is 1. The number of alkyl carbamates (subject to hydrolysis) is 1. The van der Waals surface area contributed by atoms with Crippen molar-refractivity contribution in [2.45, 2.75) is 37.9 Å². The summed E-state index contributed by atoms with van der Waals surface area (Å²) in [5.41, 5.74) is 0. The van der Waals surface area contributed by atoms with Crippen molar-refractivity contribution in [3.05, 3.63) is 12.2 Å². The molecular formula is C12H17F3N2O3. The second kappa shape index (κ2) is 7.76. The molecule has 0 radical (unpaired) electrons. The Bertz CT molecular complexity index is 369. The summed E-state index contributed by atoms with van der Waals surface area (Å²) in [6.45, 7) is -1.71. The first-order valence-electron chi connectivity index (χ1n) is 6.30. The van der Waals surface area contributed by atoms with Crippen LogP contribution in [0.2, 0.25) is 0 Å². The molecular weight excluding hydrogens is 277 g/mol. The maximum atomic E-state index is 11.8. The molecule has 2 amide bonds. The Morgan fingerprint density at radius 2 is 2.10 bits per heavy atom. The van der Waals surface area contributed by atoms with Crippen LogP contribution in [0.4, 0.5) is 18.0 Å². The number of hydrogen-bond donors (Lipinski definition) is 2. The lowest BCUT2D eigenvalue weighted by molar-refractivity contribution is -0.160. The fourth-order valence-corrected chi connectivity index (χ4v) is 1.69. The van der Waals surface area contributed by atoms with Gasteiger partial charge in [-0.05, 0) is 19.3 Å². The fourth-order valence-electron chi connectivity index (χ4n) is 1.69. The summed E-state index contributed by atoms with van der Waals surface area (Å²) in [5.74, 6) is -0.266. The Balaban J connectivity index is 2.10. The van der Waals surface area contributed by atoms with E-state index in [0.29, 0.717) is 0 Å². The molecule has 5 nitrogen and oxygen atoms in total. The Morgan fingerprint density at radius 1 is 1.35 bits per heavy atom. The molecule has 0 saturated heterocycles. The van der Waals surface area contributed by atoms with Gasteiger partial charge in [0.2, 0.25) is 5.91 Å². The van der Waals surface area contributed by atoms with Crippen LogP contribution in [0.15, 0.2) is 12.2 Å². The number of amides is 2. The van der Waals surface area contributed by atoms with Gasteiger partial charge in [-0.2, -0.15) is 13.2 Å². The van der Waals surface area contributed by atoms with Crippen LogP contribution < -0.4 is 10.6 Å². The van der Waals surface area contributed by atoms with E-state index >= 15 is 0 Å². The number of alkyl halides is 3. The fraction of sp³-hybridized carbons (Fsp3) is 0.667. The third kappa shape index (κ3) is 7.65. The highest BCUT2D eigenvalue weighted by molar-refractivity contribution is 5.77. The maximum Gasteiger partial charge on any atom is 0.422 e. The minimum absolute atomic E-state index is 0.00608. The Morgan fingerprint density at radius 3 is 2.70 bits per heavy atom. The van der Waals surface area contributed by atoms with E-state index in [-0.39, 0.29) is 24.9 Å². The first-order chi connectivity index (χ1) is 9.37. The first-order valence-corrected chi connectivity index (χ1v) is 6.30. The summed E-state index contributed by atoms with van der Waals surface area (Å²) in [4.78, 5) is 22.4. The van der Waals surface area contributed by atoms with Gasteiger partial charge in [0.05, 0.1) is 0 Å². The van der Waals surface area contributed by atoms with E-state index in [1.165, 1.54) is 0 Å². The number of rotatable bonds is 5. The standard InChI is InChI=1S/C12H17F3N2O3/c13-12(14,15)8-20-11(19)16-7-6-10(18)17-9-4-2-1-3-5-9/h2,4,9H,1,3,5-8H2,(H,16,19)(H,17,18)/t9-/m0/s1. The third-order valence-electron chi connectivity index (χ3n) is 2.59. The molecule has 0 bridgehead atoms. The molecule has 114 valence electrons. The molecule has 1 rings (SSSR count). The molecule has 0 aromatic carbocycles.